The summed E-state index contributed by atoms with van der Waals surface area (Å²) in [6.07, 6.45) is 0. The maximum absolute atomic E-state index is 8.55. The van der Waals surface area contributed by atoms with Crippen molar-refractivity contribution >= 4 is 31.3 Å². The molecule has 0 fully saturated rings. The van der Waals surface area contributed by atoms with Gasteiger partial charge in [-0.15, -0.1) is 0 Å². The van der Waals surface area contributed by atoms with Crippen molar-refractivity contribution < 1.29 is 160 Å². The van der Waals surface area contributed by atoms with Crippen LogP contribution in [-0.2, 0) is 95.8 Å². The molecule has 0 saturated carbocycles. The molecule has 0 bridgehead atoms. The second-order valence-corrected chi connectivity index (χ2v) is 5.37. The summed E-state index contributed by atoms with van der Waals surface area (Å²) in [6, 6.07) is 0. The third kappa shape index (κ3) is 1590. The molecule has 0 aromatic heterocycles. The summed E-state index contributed by atoms with van der Waals surface area (Å²) >= 11 is 0. The minimum absolute atomic E-state index is 0. The Kier molecular flexibility index (Phi) is 47.0. The van der Waals surface area contributed by atoms with Crippen LogP contribution in [0.25, 0.3) is 0 Å². The van der Waals surface area contributed by atoms with E-state index in [9.17, 15) is 0 Å². The van der Waals surface area contributed by atoms with Gasteiger partial charge in [-0.25, -0.2) is 0 Å². The van der Waals surface area contributed by atoms with Gasteiger partial charge in [0.05, 0.1) is 0 Å². The van der Waals surface area contributed by atoms with Crippen LogP contribution in [0.1, 0.15) is 0 Å². The van der Waals surface area contributed by atoms with E-state index in [2.05, 4.69) is 0 Å². The van der Waals surface area contributed by atoms with E-state index in [0.29, 0.717) is 0 Å². The first kappa shape index (κ1) is 50.6. The number of hydrogen-bond acceptors (Lipinski definition) is 16. The molecule has 24 heteroatoms. The summed E-state index contributed by atoms with van der Waals surface area (Å²) in [7, 11) is -21.6. The van der Waals surface area contributed by atoms with Crippen LogP contribution >= 0.6 is 31.3 Å². The molecule has 0 aromatic rings. The van der Waals surface area contributed by atoms with Crippen LogP contribution in [0.5, 0.6) is 0 Å². The minimum Gasteiger partial charge on any atom is -0.822 e. The quantitative estimate of drug-likeness (QED) is 0.161. The molecule has 0 amide bonds. The summed E-state index contributed by atoms with van der Waals surface area (Å²) in [5, 5.41) is 0. The molecule has 0 aromatic carbocycles. The van der Waals surface area contributed by atoms with E-state index in [1.165, 1.54) is 0 Å². The van der Waals surface area contributed by atoms with Gasteiger partial charge in [-0.3, -0.25) is 0 Å². The Morgan fingerprint density at radius 3 is 0.333 bits per heavy atom. The normalized spacial score (nSPS) is 9.83. The zero-order chi connectivity index (χ0) is 18.0. The third-order valence-electron chi connectivity index (χ3n) is 0. The van der Waals surface area contributed by atoms with Crippen LogP contribution in [0.4, 0.5) is 0 Å². The van der Waals surface area contributed by atoms with Crippen LogP contribution in [-0.4, -0.2) is 5.48 Å². The van der Waals surface area contributed by atoms with Crippen LogP contribution in [0.2, 0.25) is 0 Å². The second kappa shape index (κ2) is 22.3. The predicted molar refractivity (Wildman–Crippen MR) is 34.0 cm³/mol. The van der Waals surface area contributed by atoms with Gasteiger partial charge in [0.15, 0.2) is 0 Å². The van der Waals surface area contributed by atoms with Crippen molar-refractivity contribution in [3.8, 4) is 0 Å². The first-order chi connectivity index (χ1) is 8.00. The van der Waals surface area contributed by atoms with Crippen molar-refractivity contribution in [2.75, 3.05) is 0 Å². The first-order valence-electron chi connectivity index (χ1n) is 2.92. The Balaban J connectivity index is -0.0000000225. The zero-order valence-electron chi connectivity index (χ0n) is 10.3. The van der Waals surface area contributed by atoms with Gasteiger partial charge in [0.25, 0.3) is 0 Å². The van der Waals surface area contributed by atoms with E-state index in [1.807, 2.05) is 0 Å². The van der Waals surface area contributed by atoms with Crippen molar-refractivity contribution in [3.63, 3.8) is 0 Å². The molecular formula is H2Hf3O17P4. The topological polar surface area (TPSA) is 376 Å². The van der Waals surface area contributed by atoms with E-state index in [1.54, 1.807) is 0 Å². The van der Waals surface area contributed by atoms with E-state index in [4.69, 9.17) is 77.0 Å². The standard InChI is InChI=1S/3Hf.4H3O4P.H2O/c;;;4*1-5(2,3)4;/h;;;4*(H3,1,2,3,4);1H2/q3*+4;;;;;/p-12. The van der Waals surface area contributed by atoms with Crippen molar-refractivity contribution in [2.24, 2.45) is 0 Å². The fourth-order valence-corrected chi connectivity index (χ4v) is 0. The third-order valence-corrected chi connectivity index (χ3v) is 0. The molecule has 17 nitrogen and oxygen atoms in total. The molecule has 0 spiro atoms. The summed E-state index contributed by atoms with van der Waals surface area (Å²) in [5.41, 5.74) is 0. The summed E-state index contributed by atoms with van der Waals surface area (Å²) in [4.78, 5) is 103. The van der Waals surface area contributed by atoms with E-state index in [-0.39, 0.29) is 83.0 Å². The van der Waals surface area contributed by atoms with E-state index in [0.717, 1.165) is 0 Å². The van der Waals surface area contributed by atoms with Crippen molar-refractivity contribution in [2.45, 2.75) is 0 Å². The minimum atomic E-state index is -5.39. The Morgan fingerprint density at radius 2 is 0.333 bits per heavy atom. The van der Waals surface area contributed by atoms with Crippen LogP contribution < -0.4 is 58.7 Å². The Morgan fingerprint density at radius 1 is 0.333 bits per heavy atom. The summed E-state index contributed by atoms with van der Waals surface area (Å²) in [5.74, 6) is 0. The Hall–Kier alpha value is 3.01. The first-order valence-corrected chi connectivity index (χ1v) is 8.76. The van der Waals surface area contributed by atoms with Crippen LogP contribution in [0.3, 0.4) is 0 Å². The molecular weight excluding hydrogens is 931 g/mol. The van der Waals surface area contributed by atoms with Gasteiger partial charge in [0.1, 0.15) is 0 Å². The molecule has 0 radical (unpaired) electrons. The maximum atomic E-state index is 8.55. The number of phosphoric acid groups is 4. The zero-order valence-corrected chi connectivity index (χ0v) is 24.7. The fraction of sp³-hybridized carbons (Fsp3) is 0. The predicted octanol–water partition coefficient (Wildman–Crippen LogP) is -12.1. The van der Waals surface area contributed by atoms with Gasteiger partial charge in [-0.1, -0.05) is 0 Å². The van der Waals surface area contributed by atoms with E-state index < -0.39 is 31.3 Å². The molecule has 0 saturated heterocycles. The molecule has 2 N–H and O–H groups in total. The smallest absolute Gasteiger partial charge is 0.822 e. The molecule has 0 unspecified atom stereocenters. The van der Waals surface area contributed by atoms with Gasteiger partial charge < -0.3 is 82.5 Å². The number of hydrogen-bond donors (Lipinski definition) is 0. The van der Waals surface area contributed by atoms with Gasteiger partial charge >= 0.3 is 77.5 Å². The molecule has 24 heavy (non-hydrogen) atoms. The SMILES string of the molecule is O.O=P([O-])([O-])[O-].O=P([O-])([O-])[O-].O=P([O-])([O-])[O-].O=P([O-])([O-])[O-].[Hf+4].[Hf+4].[Hf+4]. The Labute approximate surface area is 189 Å². The van der Waals surface area contributed by atoms with Crippen LogP contribution in [0.15, 0.2) is 0 Å². The molecule has 0 aliphatic heterocycles. The average Bonchev–Trinajstić information content (AvgIpc) is 1.62. The second-order valence-electron chi connectivity index (χ2n) is 1.79. The van der Waals surface area contributed by atoms with E-state index >= 15 is 0 Å². The largest absolute Gasteiger partial charge is 4.00 e. The summed E-state index contributed by atoms with van der Waals surface area (Å²) < 4.78 is 34.2. The van der Waals surface area contributed by atoms with Gasteiger partial charge in [0.2, 0.25) is 0 Å². The average molecular weight is 933 g/mol. The maximum Gasteiger partial charge on any atom is 4.00 e. The molecule has 0 atom stereocenters. The Bertz CT molecular complexity index is 292. The fourth-order valence-electron chi connectivity index (χ4n) is 0. The molecule has 0 heterocycles. The van der Waals surface area contributed by atoms with Crippen LogP contribution in [0, 0.1) is 0 Å². The van der Waals surface area contributed by atoms with Crippen molar-refractivity contribution in [3.05, 3.63) is 0 Å². The molecule has 0 rings (SSSR count). The monoisotopic (exact) mass is 938 g/mol. The molecule has 136 valence electrons. The van der Waals surface area contributed by atoms with Gasteiger partial charge in [-0.05, 0) is 0 Å². The van der Waals surface area contributed by atoms with Crippen molar-refractivity contribution in [1.82, 2.24) is 0 Å². The molecule has 0 aliphatic carbocycles. The van der Waals surface area contributed by atoms with Crippen molar-refractivity contribution in [1.29, 1.82) is 0 Å². The van der Waals surface area contributed by atoms with Gasteiger partial charge in [-0.2, -0.15) is 31.3 Å². The summed E-state index contributed by atoms with van der Waals surface area (Å²) in [6.45, 7) is 0. The molecule has 0 aliphatic rings. The van der Waals surface area contributed by atoms with Gasteiger partial charge in [0, 0.05) is 0 Å². The number of rotatable bonds is 0.